The first-order chi connectivity index (χ1) is 9.19. The lowest BCUT2D eigenvalue weighted by Gasteiger charge is -2.12. The van der Waals surface area contributed by atoms with E-state index in [1.54, 1.807) is 6.07 Å². The molecular weight excluding hydrogens is 294 g/mol. The Morgan fingerprint density at radius 2 is 2.10 bits per heavy atom. The first-order valence-corrected chi connectivity index (χ1v) is 6.79. The summed E-state index contributed by atoms with van der Waals surface area (Å²) in [6.07, 6.45) is -0.179. The van der Waals surface area contributed by atoms with Gasteiger partial charge >= 0.3 is 5.97 Å². The van der Waals surface area contributed by atoms with Crippen LogP contribution in [-0.4, -0.2) is 25.5 Å². The Bertz CT molecular complexity index is 682. The molecule has 0 heterocycles. The molecule has 0 saturated carbocycles. The third-order valence-electron chi connectivity index (χ3n) is 2.29. The topological polar surface area (TPSA) is 107 Å². The molecule has 0 fully saturated rings. The van der Waals surface area contributed by atoms with Gasteiger partial charge in [0.25, 0.3) is 0 Å². The molecule has 1 rings (SSSR count). The summed E-state index contributed by atoms with van der Waals surface area (Å²) in [6, 6.07) is 1.78. The molecule has 0 aliphatic rings. The van der Waals surface area contributed by atoms with Gasteiger partial charge in [-0.05, 0) is 19.1 Å². The van der Waals surface area contributed by atoms with Crippen molar-refractivity contribution in [2.45, 2.75) is 24.3 Å². The van der Waals surface area contributed by atoms with Crippen molar-refractivity contribution in [3.8, 4) is 6.07 Å². The molecule has 0 aliphatic carbocycles. The van der Waals surface area contributed by atoms with Crippen molar-refractivity contribution < 1.29 is 27.1 Å². The number of carboxylic acids is 1. The minimum absolute atomic E-state index is 0.179. The molecule has 0 aliphatic heterocycles. The summed E-state index contributed by atoms with van der Waals surface area (Å²) in [7, 11) is -4.47. The van der Waals surface area contributed by atoms with Gasteiger partial charge in [0.1, 0.15) is 4.90 Å². The Morgan fingerprint density at radius 1 is 1.50 bits per heavy atom. The normalized spacial score (nSPS) is 12.7. The number of carboxylic acid groups (broad SMARTS) is 1. The average Bonchev–Trinajstić information content (AvgIpc) is 2.31. The van der Waals surface area contributed by atoms with E-state index in [9.17, 15) is 22.0 Å². The molecule has 20 heavy (non-hydrogen) atoms. The SMILES string of the molecule is CC(CC#N)NS(=O)(=O)c1cc(C(=O)O)cc(F)c1F. The molecule has 0 amide bonds. The molecule has 108 valence electrons. The maximum Gasteiger partial charge on any atom is 0.335 e. The molecule has 1 aromatic rings. The highest BCUT2D eigenvalue weighted by Crippen LogP contribution is 2.20. The number of nitriles is 1. The second-order valence-corrected chi connectivity index (χ2v) is 5.64. The number of nitrogens with zero attached hydrogens (tertiary/aromatic N) is 1. The lowest BCUT2D eigenvalue weighted by molar-refractivity contribution is 0.0696. The quantitative estimate of drug-likeness (QED) is 0.851. The van der Waals surface area contributed by atoms with Crippen molar-refractivity contribution in [2.24, 2.45) is 0 Å². The molecule has 9 heteroatoms. The van der Waals surface area contributed by atoms with Crippen molar-refractivity contribution in [3.63, 3.8) is 0 Å². The monoisotopic (exact) mass is 304 g/mol. The molecule has 0 aromatic heterocycles. The molecule has 1 atom stereocenters. The Labute approximate surface area is 113 Å². The minimum Gasteiger partial charge on any atom is -0.478 e. The molecule has 0 bridgehead atoms. The maximum atomic E-state index is 13.5. The molecule has 6 nitrogen and oxygen atoms in total. The van der Waals surface area contributed by atoms with Crippen molar-refractivity contribution in [1.82, 2.24) is 4.72 Å². The van der Waals surface area contributed by atoms with E-state index in [1.165, 1.54) is 6.92 Å². The highest BCUT2D eigenvalue weighted by atomic mass is 32.2. The standard InChI is InChI=1S/C11H10F2N2O4S/c1-6(2-3-14)15-20(18,19)9-5-7(11(16)17)4-8(12)10(9)13/h4-6,15H,2H2,1H3,(H,16,17). The van der Waals surface area contributed by atoms with Crippen LogP contribution in [0.5, 0.6) is 0 Å². The molecular formula is C11H10F2N2O4S. The lowest BCUT2D eigenvalue weighted by Crippen LogP contribution is -2.33. The van der Waals surface area contributed by atoms with E-state index < -0.39 is 44.1 Å². The van der Waals surface area contributed by atoms with E-state index in [1.807, 2.05) is 4.72 Å². The van der Waals surface area contributed by atoms with E-state index in [0.717, 1.165) is 0 Å². The number of hydrogen-bond donors (Lipinski definition) is 2. The third kappa shape index (κ3) is 3.49. The van der Waals surface area contributed by atoms with E-state index >= 15 is 0 Å². The Morgan fingerprint density at radius 3 is 2.60 bits per heavy atom. The summed E-state index contributed by atoms with van der Waals surface area (Å²) in [5, 5.41) is 17.1. The van der Waals surface area contributed by atoms with Gasteiger partial charge < -0.3 is 5.11 Å². The van der Waals surface area contributed by atoms with Gasteiger partial charge in [-0.25, -0.2) is 26.7 Å². The number of aromatic carboxylic acids is 1. The molecule has 2 N–H and O–H groups in total. The predicted octanol–water partition coefficient (Wildman–Crippen LogP) is 1.24. The summed E-state index contributed by atoms with van der Waals surface area (Å²) in [5.74, 6) is -4.85. The molecule has 1 unspecified atom stereocenters. The summed E-state index contributed by atoms with van der Waals surface area (Å²) in [6.45, 7) is 1.36. The zero-order valence-corrected chi connectivity index (χ0v) is 11.0. The average molecular weight is 304 g/mol. The Balaban J connectivity index is 3.31. The molecule has 0 saturated heterocycles. The van der Waals surface area contributed by atoms with Gasteiger partial charge in [0, 0.05) is 6.04 Å². The number of hydrogen-bond acceptors (Lipinski definition) is 4. The fraction of sp³-hybridized carbons (Fsp3) is 0.273. The van der Waals surface area contributed by atoms with E-state index in [-0.39, 0.29) is 6.42 Å². The molecule has 1 aromatic carbocycles. The second-order valence-electron chi connectivity index (χ2n) is 3.96. The van der Waals surface area contributed by atoms with Gasteiger partial charge in [-0.2, -0.15) is 5.26 Å². The van der Waals surface area contributed by atoms with Crippen LogP contribution in [0.25, 0.3) is 0 Å². The summed E-state index contributed by atoms with van der Waals surface area (Å²) in [5.41, 5.74) is -0.697. The van der Waals surface area contributed by atoms with Gasteiger partial charge in [-0.1, -0.05) is 0 Å². The summed E-state index contributed by atoms with van der Waals surface area (Å²) in [4.78, 5) is 9.61. The number of carbonyl (C=O) groups is 1. The van der Waals surface area contributed by atoms with Gasteiger partial charge in [0.2, 0.25) is 10.0 Å². The second kappa shape index (κ2) is 5.94. The smallest absolute Gasteiger partial charge is 0.335 e. The number of halogens is 2. The first kappa shape index (κ1) is 16.0. The maximum absolute atomic E-state index is 13.5. The van der Waals surface area contributed by atoms with Crippen molar-refractivity contribution in [1.29, 1.82) is 5.26 Å². The van der Waals surface area contributed by atoms with Crippen LogP contribution < -0.4 is 4.72 Å². The van der Waals surface area contributed by atoms with Crippen LogP contribution in [-0.2, 0) is 10.0 Å². The van der Waals surface area contributed by atoms with E-state index in [4.69, 9.17) is 10.4 Å². The minimum atomic E-state index is -4.47. The Kier molecular flexibility index (Phi) is 4.75. The fourth-order valence-electron chi connectivity index (χ4n) is 1.39. The van der Waals surface area contributed by atoms with Crippen LogP contribution in [0.2, 0.25) is 0 Å². The van der Waals surface area contributed by atoms with Crippen molar-refractivity contribution >= 4 is 16.0 Å². The van der Waals surface area contributed by atoms with E-state index in [2.05, 4.69) is 0 Å². The van der Waals surface area contributed by atoms with Crippen LogP contribution in [0.4, 0.5) is 8.78 Å². The zero-order chi connectivity index (χ0) is 15.5. The van der Waals surface area contributed by atoms with Gasteiger partial charge in [-0.15, -0.1) is 0 Å². The van der Waals surface area contributed by atoms with Crippen molar-refractivity contribution in [3.05, 3.63) is 29.3 Å². The predicted molar refractivity (Wildman–Crippen MR) is 63.3 cm³/mol. The fourth-order valence-corrected chi connectivity index (χ4v) is 2.75. The first-order valence-electron chi connectivity index (χ1n) is 5.30. The van der Waals surface area contributed by atoms with Crippen LogP contribution in [0.15, 0.2) is 17.0 Å². The summed E-state index contributed by atoms with van der Waals surface area (Å²) >= 11 is 0. The summed E-state index contributed by atoms with van der Waals surface area (Å²) < 4.78 is 52.4. The number of sulfonamides is 1. The lowest BCUT2D eigenvalue weighted by atomic mass is 10.2. The van der Waals surface area contributed by atoms with Crippen LogP contribution in [0, 0.1) is 23.0 Å². The third-order valence-corrected chi connectivity index (χ3v) is 3.87. The van der Waals surface area contributed by atoms with Crippen LogP contribution >= 0.6 is 0 Å². The van der Waals surface area contributed by atoms with Gasteiger partial charge in [0.15, 0.2) is 11.6 Å². The molecule has 0 spiro atoms. The zero-order valence-electron chi connectivity index (χ0n) is 10.2. The highest BCUT2D eigenvalue weighted by molar-refractivity contribution is 7.89. The number of nitrogens with one attached hydrogen (secondary N) is 1. The Hall–Kier alpha value is -2.05. The van der Waals surface area contributed by atoms with Gasteiger partial charge in [-0.3, -0.25) is 0 Å². The van der Waals surface area contributed by atoms with Crippen molar-refractivity contribution in [2.75, 3.05) is 0 Å². The van der Waals surface area contributed by atoms with Crippen LogP contribution in [0.1, 0.15) is 23.7 Å². The highest BCUT2D eigenvalue weighted by Gasteiger charge is 2.25. The van der Waals surface area contributed by atoms with Gasteiger partial charge in [0.05, 0.1) is 18.1 Å². The molecule has 0 radical (unpaired) electrons. The van der Waals surface area contributed by atoms with Crippen LogP contribution in [0.3, 0.4) is 0 Å². The number of rotatable bonds is 5. The number of benzene rings is 1. The largest absolute Gasteiger partial charge is 0.478 e. The van der Waals surface area contributed by atoms with E-state index in [0.29, 0.717) is 12.1 Å².